The summed E-state index contributed by atoms with van der Waals surface area (Å²) in [5.41, 5.74) is 1.31. The Balaban J connectivity index is 2.19. The van der Waals surface area contributed by atoms with Gasteiger partial charge in [0.25, 0.3) is 5.91 Å². The standard InChI is InChI=1S/C13H12N4O2/c1-9(18)16-10-4-2-3-5-11(10)17-13(19)12-6-7-14-8-15-12/h2-8H,1H3,(H,16,18)(H,17,19). The minimum Gasteiger partial charge on any atom is -0.325 e. The van der Waals surface area contributed by atoms with Crippen LogP contribution in [0.3, 0.4) is 0 Å². The molecule has 0 aliphatic heterocycles. The molecule has 0 atom stereocenters. The molecule has 0 spiro atoms. The van der Waals surface area contributed by atoms with E-state index in [9.17, 15) is 9.59 Å². The Morgan fingerprint density at radius 2 is 1.74 bits per heavy atom. The lowest BCUT2D eigenvalue weighted by Gasteiger charge is -2.10. The topological polar surface area (TPSA) is 84.0 Å². The van der Waals surface area contributed by atoms with Crippen LogP contribution in [0.15, 0.2) is 42.9 Å². The van der Waals surface area contributed by atoms with Crippen LogP contribution in [0.2, 0.25) is 0 Å². The van der Waals surface area contributed by atoms with Crippen LogP contribution < -0.4 is 10.6 Å². The Morgan fingerprint density at radius 3 is 2.32 bits per heavy atom. The van der Waals surface area contributed by atoms with Crippen molar-refractivity contribution in [2.45, 2.75) is 6.92 Å². The fourth-order valence-electron chi connectivity index (χ4n) is 1.50. The summed E-state index contributed by atoms with van der Waals surface area (Å²) in [4.78, 5) is 30.6. The van der Waals surface area contributed by atoms with Gasteiger partial charge in [0.2, 0.25) is 5.91 Å². The van der Waals surface area contributed by atoms with E-state index in [2.05, 4.69) is 20.6 Å². The quantitative estimate of drug-likeness (QED) is 0.875. The van der Waals surface area contributed by atoms with Gasteiger partial charge in [-0.3, -0.25) is 9.59 Å². The highest BCUT2D eigenvalue weighted by atomic mass is 16.2. The van der Waals surface area contributed by atoms with Gasteiger partial charge in [0.05, 0.1) is 11.4 Å². The van der Waals surface area contributed by atoms with Gasteiger partial charge in [0.15, 0.2) is 0 Å². The molecule has 0 bridgehead atoms. The van der Waals surface area contributed by atoms with Crippen molar-refractivity contribution in [2.24, 2.45) is 0 Å². The Morgan fingerprint density at radius 1 is 1.05 bits per heavy atom. The number of amides is 2. The number of aromatic nitrogens is 2. The molecule has 2 N–H and O–H groups in total. The molecule has 0 saturated heterocycles. The van der Waals surface area contributed by atoms with E-state index in [0.717, 1.165) is 0 Å². The third-order valence-electron chi connectivity index (χ3n) is 2.30. The van der Waals surface area contributed by atoms with Crippen LogP contribution in [-0.2, 0) is 4.79 Å². The van der Waals surface area contributed by atoms with Gasteiger partial charge in [-0.25, -0.2) is 9.97 Å². The smallest absolute Gasteiger partial charge is 0.274 e. The summed E-state index contributed by atoms with van der Waals surface area (Å²) in [5, 5.41) is 5.33. The number of hydrogen-bond donors (Lipinski definition) is 2. The van der Waals surface area contributed by atoms with E-state index < -0.39 is 0 Å². The summed E-state index contributed by atoms with van der Waals surface area (Å²) in [6.45, 7) is 1.41. The van der Waals surface area contributed by atoms with Gasteiger partial charge in [-0.15, -0.1) is 0 Å². The van der Waals surface area contributed by atoms with E-state index in [0.29, 0.717) is 11.4 Å². The van der Waals surface area contributed by atoms with Crippen molar-refractivity contribution < 1.29 is 9.59 Å². The maximum Gasteiger partial charge on any atom is 0.274 e. The van der Waals surface area contributed by atoms with E-state index in [1.54, 1.807) is 24.3 Å². The van der Waals surface area contributed by atoms with Gasteiger partial charge in [0, 0.05) is 13.1 Å². The number of hydrogen-bond acceptors (Lipinski definition) is 4. The first kappa shape index (κ1) is 12.7. The third-order valence-corrected chi connectivity index (χ3v) is 2.30. The number of nitrogens with one attached hydrogen (secondary N) is 2. The normalized spacial score (nSPS) is 9.74. The fourth-order valence-corrected chi connectivity index (χ4v) is 1.50. The molecule has 1 heterocycles. The van der Waals surface area contributed by atoms with Crippen LogP contribution in [0.5, 0.6) is 0 Å². The van der Waals surface area contributed by atoms with Gasteiger partial charge < -0.3 is 10.6 Å². The maximum atomic E-state index is 11.9. The first-order chi connectivity index (χ1) is 9.16. The SMILES string of the molecule is CC(=O)Nc1ccccc1NC(=O)c1ccncn1. The van der Waals surface area contributed by atoms with E-state index in [1.165, 1.54) is 25.5 Å². The van der Waals surface area contributed by atoms with Gasteiger partial charge in [-0.1, -0.05) is 12.1 Å². The highest BCUT2D eigenvalue weighted by Gasteiger charge is 2.10. The largest absolute Gasteiger partial charge is 0.325 e. The number of nitrogens with zero attached hydrogens (tertiary/aromatic N) is 2. The lowest BCUT2D eigenvalue weighted by Crippen LogP contribution is -2.16. The van der Waals surface area contributed by atoms with Crippen molar-refractivity contribution in [1.29, 1.82) is 0 Å². The van der Waals surface area contributed by atoms with E-state index in [1.807, 2.05) is 0 Å². The minimum absolute atomic E-state index is 0.205. The first-order valence-corrected chi connectivity index (χ1v) is 5.61. The number of carbonyl (C=O) groups is 2. The van der Waals surface area contributed by atoms with Crippen LogP contribution in [0.1, 0.15) is 17.4 Å². The molecule has 0 radical (unpaired) electrons. The summed E-state index contributed by atoms with van der Waals surface area (Å²) >= 11 is 0. The van der Waals surface area contributed by atoms with Crippen molar-refractivity contribution in [1.82, 2.24) is 9.97 Å². The van der Waals surface area contributed by atoms with Gasteiger partial charge in [0.1, 0.15) is 12.0 Å². The zero-order valence-electron chi connectivity index (χ0n) is 10.3. The Hall–Kier alpha value is -2.76. The molecule has 2 amide bonds. The third kappa shape index (κ3) is 3.35. The van der Waals surface area contributed by atoms with Crippen molar-refractivity contribution in [3.63, 3.8) is 0 Å². The predicted octanol–water partition coefficient (Wildman–Crippen LogP) is 1.69. The Bertz CT molecular complexity index is 599. The molecule has 0 saturated carbocycles. The average Bonchev–Trinajstić information content (AvgIpc) is 2.41. The summed E-state index contributed by atoms with van der Waals surface area (Å²) in [5.74, 6) is -0.566. The number of para-hydroxylation sites is 2. The Labute approximate surface area is 109 Å². The molecule has 1 aromatic carbocycles. The number of benzene rings is 1. The zero-order valence-corrected chi connectivity index (χ0v) is 10.3. The summed E-state index contributed by atoms with van der Waals surface area (Å²) < 4.78 is 0. The second-order valence-corrected chi connectivity index (χ2v) is 3.78. The molecule has 2 rings (SSSR count). The molecule has 19 heavy (non-hydrogen) atoms. The lowest BCUT2D eigenvalue weighted by atomic mass is 10.2. The summed E-state index contributed by atoms with van der Waals surface area (Å²) in [6.07, 6.45) is 2.79. The van der Waals surface area contributed by atoms with Gasteiger partial charge in [-0.2, -0.15) is 0 Å². The molecule has 0 unspecified atom stereocenters. The molecule has 0 aliphatic carbocycles. The van der Waals surface area contributed by atoms with E-state index in [-0.39, 0.29) is 17.5 Å². The number of rotatable bonds is 3. The molecular weight excluding hydrogens is 244 g/mol. The summed E-state index contributed by atoms with van der Waals surface area (Å²) in [7, 11) is 0. The molecule has 6 nitrogen and oxygen atoms in total. The van der Waals surface area contributed by atoms with E-state index in [4.69, 9.17) is 0 Å². The molecule has 2 aromatic rings. The summed E-state index contributed by atoms with van der Waals surface area (Å²) in [6, 6.07) is 8.45. The van der Waals surface area contributed by atoms with Gasteiger partial charge in [-0.05, 0) is 18.2 Å². The van der Waals surface area contributed by atoms with Crippen molar-refractivity contribution in [2.75, 3.05) is 10.6 Å². The molecule has 0 fully saturated rings. The molecule has 6 heteroatoms. The maximum absolute atomic E-state index is 11.9. The number of carbonyl (C=O) groups excluding carboxylic acids is 2. The van der Waals surface area contributed by atoms with Crippen LogP contribution in [-0.4, -0.2) is 21.8 Å². The minimum atomic E-state index is -0.361. The van der Waals surface area contributed by atoms with Crippen molar-refractivity contribution >= 4 is 23.2 Å². The van der Waals surface area contributed by atoms with Gasteiger partial charge >= 0.3 is 0 Å². The molecule has 1 aromatic heterocycles. The first-order valence-electron chi connectivity index (χ1n) is 5.61. The second kappa shape index (κ2) is 5.72. The van der Waals surface area contributed by atoms with Crippen molar-refractivity contribution in [3.05, 3.63) is 48.5 Å². The van der Waals surface area contributed by atoms with Crippen molar-refractivity contribution in [3.8, 4) is 0 Å². The fraction of sp³-hybridized carbons (Fsp3) is 0.0769. The Kier molecular flexibility index (Phi) is 3.82. The number of anilines is 2. The van der Waals surface area contributed by atoms with E-state index >= 15 is 0 Å². The second-order valence-electron chi connectivity index (χ2n) is 3.78. The molecular formula is C13H12N4O2. The van der Waals surface area contributed by atoms with Crippen LogP contribution in [0.25, 0.3) is 0 Å². The highest BCUT2D eigenvalue weighted by molar-refractivity contribution is 6.05. The molecule has 96 valence electrons. The predicted molar refractivity (Wildman–Crippen MR) is 70.7 cm³/mol. The van der Waals surface area contributed by atoms with Crippen LogP contribution in [0, 0.1) is 0 Å². The van der Waals surface area contributed by atoms with Crippen LogP contribution in [0.4, 0.5) is 11.4 Å². The molecule has 0 aliphatic rings. The highest BCUT2D eigenvalue weighted by Crippen LogP contribution is 2.21. The lowest BCUT2D eigenvalue weighted by molar-refractivity contribution is -0.114. The zero-order chi connectivity index (χ0) is 13.7. The average molecular weight is 256 g/mol. The monoisotopic (exact) mass is 256 g/mol. The van der Waals surface area contributed by atoms with Crippen LogP contribution >= 0.6 is 0 Å².